The fraction of sp³-hybridized carbons (Fsp3) is 0.200. The molecule has 21 heavy (non-hydrogen) atoms. The maximum absolute atomic E-state index is 13.8. The summed E-state index contributed by atoms with van der Waals surface area (Å²) < 4.78 is 19.2. The lowest BCUT2D eigenvalue weighted by Gasteiger charge is -2.09. The Bertz CT molecular complexity index is 641. The monoisotopic (exact) mass is 291 g/mol. The zero-order valence-electron chi connectivity index (χ0n) is 11.3. The van der Waals surface area contributed by atoms with Crippen molar-refractivity contribution in [3.8, 4) is 5.75 Å². The molecule has 2 aromatic carbocycles. The smallest absolute Gasteiger partial charge is 0.305 e. The molecule has 0 aromatic heterocycles. The van der Waals surface area contributed by atoms with Crippen LogP contribution in [-0.4, -0.2) is 10.0 Å². The average Bonchev–Trinajstić information content (AvgIpc) is 2.46. The number of nitro benzene ring substituents is 1. The lowest BCUT2D eigenvalue weighted by Crippen LogP contribution is -2.02. The van der Waals surface area contributed by atoms with Crippen molar-refractivity contribution in [2.24, 2.45) is 0 Å². The van der Waals surface area contributed by atoms with Crippen molar-refractivity contribution in [2.45, 2.75) is 19.6 Å². The fourth-order valence-corrected chi connectivity index (χ4v) is 1.82. The zero-order valence-corrected chi connectivity index (χ0v) is 11.3. The summed E-state index contributed by atoms with van der Waals surface area (Å²) in [4.78, 5) is 9.88. The standard InChI is InChI=1S/C15H14FNO4/c1-10(18)11-5-7-13(8-6-11)21-9-12-3-2-4-14(15(12)16)17(19)20/h2-8,10,18H,9H2,1H3/t10-/m0/s1. The summed E-state index contributed by atoms with van der Waals surface area (Å²) in [5.41, 5.74) is 0.285. The minimum absolute atomic E-state index is 0.110. The van der Waals surface area contributed by atoms with E-state index in [2.05, 4.69) is 0 Å². The molecule has 1 atom stereocenters. The van der Waals surface area contributed by atoms with Crippen LogP contribution in [-0.2, 0) is 6.61 Å². The van der Waals surface area contributed by atoms with Gasteiger partial charge in [-0.1, -0.05) is 24.3 Å². The van der Waals surface area contributed by atoms with Crippen molar-refractivity contribution in [1.82, 2.24) is 0 Å². The van der Waals surface area contributed by atoms with Gasteiger partial charge in [0.25, 0.3) is 0 Å². The molecule has 0 fully saturated rings. The molecule has 5 nitrogen and oxygen atoms in total. The van der Waals surface area contributed by atoms with E-state index in [0.717, 1.165) is 11.6 Å². The van der Waals surface area contributed by atoms with Gasteiger partial charge < -0.3 is 9.84 Å². The number of halogens is 1. The number of ether oxygens (including phenoxy) is 1. The first-order valence-electron chi connectivity index (χ1n) is 6.31. The third kappa shape index (κ3) is 3.55. The van der Waals surface area contributed by atoms with E-state index in [4.69, 9.17) is 4.74 Å². The molecule has 110 valence electrons. The van der Waals surface area contributed by atoms with Crippen LogP contribution in [0.15, 0.2) is 42.5 Å². The number of rotatable bonds is 5. The fourth-order valence-electron chi connectivity index (χ4n) is 1.82. The number of nitrogens with zero attached hydrogens (tertiary/aromatic N) is 1. The van der Waals surface area contributed by atoms with Crippen molar-refractivity contribution in [3.05, 3.63) is 69.5 Å². The molecule has 0 saturated carbocycles. The molecule has 0 bridgehead atoms. The van der Waals surface area contributed by atoms with E-state index in [1.165, 1.54) is 12.1 Å². The number of hydrogen-bond donors (Lipinski definition) is 1. The van der Waals surface area contributed by atoms with Crippen molar-refractivity contribution >= 4 is 5.69 Å². The highest BCUT2D eigenvalue weighted by Gasteiger charge is 2.17. The molecule has 2 aromatic rings. The van der Waals surface area contributed by atoms with E-state index >= 15 is 0 Å². The van der Waals surface area contributed by atoms with Gasteiger partial charge in [0.2, 0.25) is 5.82 Å². The van der Waals surface area contributed by atoms with Gasteiger partial charge in [0.05, 0.1) is 11.0 Å². The summed E-state index contributed by atoms with van der Waals surface area (Å²) in [5, 5.41) is 20.0. The van der Waals surface area contributed by atoms with Crippen molar-refractivity contribution in [3.63, 3.8) is 0 Å². The van der Waals surface area contributed by atoms with Gasteiger partial charge in [-0.2, -0.15) is 4.39 Å². The second-order valence-corrected chi connectivity index (χ2v) is 4.54. The summed E-state index contributed by atoms with van der Waals surface area (Å²) in [5.74, 6) is -0.395. The van der Waals surface area contributed by atoms with E-state index in [0.29, 0.717) is 5.75 Å². The highest BCUT2D eigenvalue weighted by molar-refractivity contribution is 5.37. The van der Waals surface area contributed by atoms with Gasteiger partial charge in [0, 0.05) is 11.6 Å². The summed E-state index contributed by atoms with van der Waals surface area (Å²) in [6, 6.07) is 10.7. The van der Waals surface area contributed by atoms with Crippen LogP contribution in [0.3, 0.4) is 0 Å². The quantitative estimate of drug-likeness (QED) is 0.677. The Morgan fingerprint density at radius 1 is 1.29 bits per heavy atom. The van der Waals surface area contributed by atoms with Crippen LogP contribution < -0.4 is 4.74 Å². The highest BCUT2D eigenvalue weighted by Crippen LogP contribution is 2.22. The third-order valence-electron chi connectivity index (χ3n) is 3.01. The Morgan fingerprint density at radius 2 is 1.95 bits per heavy atom. The molecule has 0 aliphatic rings. The Morgan fingerprint density at radius 3 is 2.52 bits per heavy atom. The number of benzene rings is 2. The highest BCUT2D eigenvalue weighted by atomic mass is 19.1. The molecule has 6 heteroatoms. The number of nitro groups is 1. The second kappa shape index (κ2) is 6.32. The first-order chi connectivity index (χ1) is 9.99. The molecule has 0 radical (unpaired) electrons. The molecule has 0 spiro atoms. The Balaban J connectivity index is 2.09. The molecule has 0 aliphatic heterocycles. The van der Waals surface area contributed by atoms with Gasteiger partial charge in [-0.15, -0.1) is 0 Å². The lowest BCUT2D eigenvalue weighted by atomic mass is 10.1. The molecule has 0 unspecified atom stereocenters. The molecule has 0 saturated heterocycles. The van der Waals surface area contributed by atoms with Crippen LogP contribution in [0.4, 0.5) is 10.1 Å². The normalized spacial score (nSPS) is 12.0. The van der Waals surface area contributed by atoms with Gasteiger partial charge in [0.15, 0.2) is 0 Å². The van der Waals surface area contributed by atoms with Crippen LogP contribution in [0.5, 0.6) is 5.75 Å². The van der Waals surface area contributed by atoms with E-state index in [9.17, 15) is 19.6 Å². The summed E-state index contributed by atoms with van der Waals surface area (Å²) >= 11 is 0. The predicted octanol–water partition coefficient (Wildman–Crippen LogP) is 3.37. The molecular weight excluding hydrogens is 277 g/mol. The van der Waals surface area contributed by atoms with E-state index in [1.54, 1.807) is 31.2 Å². The van der Waals surface area contributed by atoms with Crippen molar-refractivity contribution < 1.29 is 19.2 Å². The minimum atomic E-state index is -0.886. The zero-order chi connectivity index (χ0) is 15.4. The van der Waals surface area contributed by atoms with Crippen molar-refractivity contribution in [1.29, 1.82) is 0 Å². The Kier molecular flexibility index (Phi) is 4.49. The molecular formula is C15H14FNO4. The number of aliphatic hydroxyl groups excluding tert-OH is 1. The topological polar surface area (TPSA) is 72.6 Å². The van der Waals surface area contributed by atoms with Gasteiger partial charge in [-0.3, -0.25) is 10.1 Å². The van der Waals surface area contributed by atoms with E-state index in [-0.39, 0.29) is 12.2 Å². The minimum Gasteiger partial charge on any atom is -0.489 e. The molecule has 1 N–H and O–H groups in total. The van der Waals surface area contributed by atoms with Crippen molar-refractivity contribution in [2.75, 3.05) is 0 Å². The predicted molar refractivity (Wildman–Crippen MR) is 74.5 cm³/mol. The molecule has 2 rings (SSSR count). The Labute approximate surface area is 120 Å². The van der Waals surface area contributed by atoms with Gasteiger partial charge in [0.1, 0.15) is 12.4 Å². The van der Waals surface area contributed by atoms with Gasteiger partial charge >= 0.3 is 5.69 Å². The number of aliphatic hydroxyl groups is 1. The SMILES string of the molecule is C[C@H](O)c1ccc(OCc2cccc([N+](=O)[O-])c2F)cc1. The third-order valence-corrected chi connectivity index (χ3v) is 3.01. The van der Waals surface area contributed by atoms with Crippen LogP contribution in [0, 0.1) is 15.9 Å². The van der Waals surface area contributed by atoms with E-state index in [1.807, 2.05) is 0 Å². The molecule has 0 heterocycles. The molecule has 0 aliphatic carbocycles. The second-order valence-electron chi connectivity index (χ2n) is 4.54. The van der Waals surface area contributed by atoms with Crippen LogP contribution in [0.1, 0.15) is 24.2 Å². The van der Waals surface area contributed by atoms with Crippen LogP contribution in [0.2, 0.25) is 0 Å². The van der Waals surface area contributed by atoms with Crippen LogP contribution >= 0.6 is 0 Å². The van der Waals surface area contributed by atoms with Crippen LogP contribution in [0.25, 0.3) is 0 Å². The summed E-state index contributed by atoms with van der Waals surface area (Å²) in [7, 11) is 0. The largest absolute Gasteiger partial charge is 0.489 e. The summed E-state index contributed by atoms with van der Waals surface area (Å²) in [6.07, 6.45) is -0.576. The molecule has 0 amide bonds. The van der Waals surface area contributed by atoms with E-state index < -0.39 is 22.5 Å². The maximum Gasteiger partial charge on any atom is 0.305 e. The Hall–Kier alpha value is -2.47. The van der Waals surface area contributed by atoms with Gasteiger partial charge in [-0.05, 0) is 24.6 Å². The number of hydrogen-bond acceptors (Lipinski definition) is 4. The maximum atomic E-state index is 13.8. The average molecular weight is 291 g/mol. The lowest BCUT2D eigenvalue weighted by molar-refractivity contribution is -0.387. The summed E-state index contributed by atoms with van der Waals surface area (Å²) in [6.45, 7) is 1.54. The van der Waals surface area contributed by atoms with Gasteiger partial charge in [-0.25, -0.2) is 0 Å². The first-order valence-corrected chi connectivity index (χ1v) is 6.31. The first kappa shape index (κ1) is 14.9.